The number of rotatable bonds is 9. The standard InChI is InChI=1S/C28H25N3O3S/c1-33-27-13-20(11-12-26(27)34-16-21-17-35-18-31-21)28(32)30-14-23(19-7-3-2-4-8-19)24-15-29-25-10-6-5-9-22(24)25/h2-13,15,17-18,23,29H,14,16H2,1H3,(H,30,32). The molecule has 0 aliphatic carbocycles. The van der Waals surface area contributed by atoms with E-state index in [9.17, 15) is 4.79 Å². The molecule has 7 heteroatoms. The summed E-state index contributed by atoms with van der Waals surface area (Å²) < 4.78 is 11.3. The maximum Gasteiger partial charge on any atom is 0.251 e. The quantitative estimate of drug-likeness (QED) is 0.279. The van der Waals surface area contributed by atoms with Crippen LogP contribution in [0.4, 0.5) is 0 Å². The molecule has 0 saturated carbocycles. The summed E-state index contributed by atoms with van der Waals surface area (Å²) in [4.78, 5) is 20.7. The number of fused-ring (bicyclic) bond motifs is 1. The third-order valence-corrected chi connectivity index (χ3v) is 6.59. The first-order chi connectivity index (χ1) is 17.2. The summed E-state index contributed by atoms with van der Waals surface area (Å²) in [6, 6.07) is 23.6. The first kappa shape index (κ1) is 22.7. The number of H-pyrrole nitrogens is 1. The number of methoxy groups -OCH3 is 1. The van der Waals surface area contributed by atoms with Crippen molar-refractivity contribution in [1.29, 1.82) is 0 Å². The van der Waals surface area contributed by atoms with Crippen LogP contribution in [-0.2, 0) is 6.61 Å². The van der Waals surface area contributed by atoms with E-state index in [2.05, 4.69) is 39.6 Å². The Morgan fingerprint density at radius 1 is 1.06 bits per heavy atom. The van der Waals surface area contributed by atoms with Crippen molar-refractivity contribution in [3.63, 3.8) is 0 Å². The van der Waals surface area contributed by atoms with E-state index in [1.54, 1.807) is 30.8 Å². The predicted octanol–water partition coefficient (Wildman–Crippen LogP) is 5.77. The van der Waals surface area contributed by atoms with Crippen molar-refractivity contribution < 1.29 is 14.3 Å². The molecule has 3 aromatic carbocycles. The number of amides is 1. The largest absolute Gasteiger partial charge is 0.493 e. The van der Waals surface area contributed by atoms with E-state index in [1.807, 2.05) is 41.9 Å². The Bertz CT molecular complexity index is 1410. The third-order valence-electron chi connectivity index (χ3n) is 5.95. The van der Waals surface area contributed by atoms with Gasteiger partial charge in [0, 0.05) is 40.5 Å². The Morgan fingerprint density at radius 3 is 2.69 bits per heavy atom. The van der Waals surface area contributed by atoms with Crippen LogP contribution in [0.3, 0.4) is 0 Å². The highest BCUT2D eigenvalue weighted by Crippen LogP contribution is 2.31. The highest BCUT2D eigenvalue weighted by Gasteiger charge is 2.20. The fourth-order valence-electron chi connectivity index (χ4n) is 4.16. The third kappa shape index (κ3) is 5.05. The van der Waals surface area contributed by atoms with Gasteiger partial charge in [-0.3, -0.25) is 4.79 Å². The predicted molar refractivity (Wildman–Crippen MR) is 138 cm³/mol. The van der Waals surface area contributed by atoms with Crippen molar-refractivity contribution in [2.75, 3.05) is 13.7 Å². The number of hydrogen-bond donors (Lipinski definition) is 2. The first-order valence-electron chi connectivity index (χ1n) is 11.3. The summed E-state index contributed by atoms with van der Waals surface area (Å²) in [6.07, 6.45) is 2.03. The van der Waals surface area contributed by atoms with E-state index in [0.717, 1.165) is 27.7 Å². The second-order valence-corrected chi connectivity index (χ2v) is 8.82. The molecule has 1 unspecified atom stereocenters. The SMILES string of the molecule is COc1cc(C(=O)NCC(c2ccccc2)c2c[nH]c3ccccc23)ccc1OCc1cscn1. The molecule has 0 saturated heterocycles. The van der Waals surface area contributed by atoms with Gasteiger partial charge in [0.05, 0.1) is 18.3 Å². The van der Waals surface area contributed by atoms with Crippen molar-refractivity contribution in [2.45, 2.75) is 12.5 Å². The number of ether oxygens (including phenoxy) is 2. The number of carbonyl (C=O) groups excluding carboxylic acids is 1. The normalized spacial score (nSPS) is 11.8. The summed E-state index contributed by atoms with van der Waals surface area (Å²) in [5.41, 5.74) is 6.49. The maximum absolute atomic E-state index is 13.1. The first-order valence-corrected chi connectivity index (χ1v) is 12.2. The summed E-state index contributed by atoms with van der Waals surface area (Å²) in [7, 11) is 1.56. The Morgan fingerprint density at radius 2 is 1.89 bits per heavy atom. The smallest absolute Gasteiger partial charge is 0.251 e. The molecule has 0 radical (unpaired) electrons. The van der Waals surface area contributed by atoms with Gasteiger partial charge >= 0.3 is 0 Å². The number of thiazole rings is 1. The molecule has 0 spiro atoms. The fraction of sp³-hybridized carbons (Fsp3) is 0.143. The molecule has 0 aliphatic rings. The van der Waals surface area contributed by atoms with Crippen molar-refractivity contribution in [3.05, 3.63) is 112 Å². The Labute approximate surface area is 207 Å². The van der Waals surface area contributed by atoms with Crippen LogP contribution in [0.25, 0.3) is 10.9 Å². The molecule has 35 heavy (non-hydrogen) atoms. The lowest BCUT2D eigenvalue weighted by atomic mass is 9.91. The topological polar surface area (TPSA) is 76.2 Å². The average molecular weight is 484 g/mol. The van der Waals surface area contributed by atoms with Gasteiger partial charge in [-0.05, 0) is 35.4 Å². The van der Waals surface area contributed by atoms with Crippen molar-refractivity contribution >= 4 is 28.1 Å². The Kier molecular flexibility index (Phi) is 6.77. The van der Waals surface area contributed by atoms with Gasteiger partial charge in [0.15, 0.2) is 11.5 Å². The molecule has 176 valence electrons. The highest BCUT2D eigenvalue weighted by atomic mass is 32.1. The molecule has 6 nitrogen and oxygen atoms in total. The zero-order chi connectivity index (χ0) is 24.0. The Balaban J connectivity index is 1.34. The molecule has 2 aromatic heterocycles. The van der Waals surface area contributed by atoms with Crippen LogP contribution in [0.5, 0.6) is 11.5 Å². The lowest BCUT2D eigenvalue weighted by Gasteiger charge is -2.18. The van der Waals surface area contributed by atoms with E-state index < -0.39 is 0 Å². The molecule has 1 amide bonds. The number of hydrogen-bond acceptors (Lipinski definition) is 5. The molecule has 5 rings (SSSR count). The maximum atomic E-state index is 13.1. The van der Waals surface area contributed by atoms with Gasteiger partial charge in [-0.2, -0.15) is 0 Å². The minimum Gasteiger partial charge on any atom is -0.493 e. The zero-order valence-corrected chi connectivity index (χ0v) is 20.0. The fourth-order valence-corrected chi connectivity index (χ4v) is 4.70. The van der Waals surface area contributed by atoms with Gasteiger partial charge in [-0.25, -0.2) is 4.98 Å². The highest BCUT2D eigenvalue weighted by molar-refractivity contribution is 7.07. The monoisotopic (exact) mass is 483 g/mol. The van der Waals surface area contributed by atoms with Crippen LogP contribution in [0, 0.1) is 0 Å². The van der Waals surface area contributed by atoms with E-state index in [-0.39, 0.29) is 11.8 Å². The number of benzene rings is 3. The summed E-state index contributed by atoms with van der Waals surface area (Å²) in [5, 5.41) is 6.21. The Hall–Kier alpha value is -4.10. The van der Waals surface area contributed by atoms with E-state index in [1.165, 1.54) is 11.3 Å². The molecule has 2 heterocycles. The molecule has 5 aromatic rings. The van der Waals surface area contributed by atoms with Gasteiger partial charge < -0.3 is 19.8 Å². The van der Waals surface area contributed by atoms with Gasteiger partial charge in [0.25, 0.3) is 5.91 Å². The van der Waals surface area contributed by atoms with Crippen molar-refractivity contribution in [3.8, 4) is 11.5 Å². The van der Waals surface area contributed by atoms with Crippen LogP contribution in [0.1, 0.15) is 33.1 Å². The molecule has 2 N–H and O–H groups in total. The molecule has 0 bridgehead atoms. The molecular formula is C28H25N3O3S. The van der Waals surface area contributed by atoms with E-state index in [0.29, 0.717) is 30.2 Å². The van der Waals surface area contributed by atoms with Gasteiger partial charge in [0.2, 0.25) is 0 Å². The van der Waals surface area contributed by atoms with Crippen LogP contribution < -0.4 is 14.8 Å². The van der Waals surface area contributed by atoms with Crippen LogP contribution in [0.15, 0.2) is 89.9 Å². The van der Waals surface area contributed by atoms with Crippen LogP contribution in [0.2, 0.25) is 0 Å². The van der Waals surface area contributed by atoms with Crippen molar-refractivity contribution in [2.24, 2.45) is 0 Å². The van der Waals surface area contributed by atoms with E-state index in [4.69, 9.17) is 9.47 Å². The van der Waals surface area contributed by atoms with Crippen molar-refractivity contribution in [1.82, 2.24) is 15.3 Å². The zero-order valence-electron chi connectivity index (χ0n) is 19.2. The molecule has 0 fully saturated rings. The lowest BCUT2D eigenvalue weighted by molar-refractivity contribution is 0.0952. The number of carbonyl (C=O) groups is 1. The lowest BCUT2D eigenvalue weighted by Crippen LogP contribution is -2.29. The number of aromatic nitrogens is 2. The van der Waals surface area contributed by atoms with Gasteiger partial charge in [0.1, 0.15) is 6.61 Å². The molecule has 0 aliphatic heterocycles. The van der Waals surface area contributed by atoms with Crippen LogP contribution >= 0.6 is 11.3 Å². The number of nitrogens with zero attached hydrogens (tertiary/aromatic N) is 1. The number of para-hydroxylation sites is 1. The minimum absolute atomic E-state index is 0.00101. The second-order valence-electron chi connectivity index (χ2n) is 8.10. The van der Waals surface area contributed by atoms with E-state index >= 15 is 0 Å². The summed E-state index contributed by atoms with van der Waals surface area (Å²) >= 11 is 1.52. The second kappa shape index (κ2) is 10.4. The molecule has 1 atom stereocenters. The number of nitrogens with one attached hydrogen (secondary N) is 2. The summed E-state index contributed by atoms with van der Waals surface area (Å²) in [5.74, 6) is 0.899. The van der Waals surface area contributed by atoms with Crippen LogP contribution in [-0.4, -0.2) is 29.5 Å². The molecular weight excluding hydrogens is 458 g/mol. The number of aromatic amines is 1. The average Bonchev–Trinajstić information content (AvgIpc) is 3.58. The van der Waals surface area contributed by atoms with Gasteiger partial charge in [-0.1, -0.05) is 48.5 Å². The van der Waals surface area contributed by atoms with Gasteiger partial charge in [-0.15, -0.1) is 11.3 Å². The summed E-state index contributed by atoms with van der Waals surface area (Å²) in [6.45, 7) is 0.796. The minimum atomic E-state index is -0.171.